The molecular weight excluding hydrogens is 375 g/mol. The van der Waals surface area contributed by atoms with Crippen molar-refractivity contribution in [1.29, 1.82) is 0 Å². The summed E-state index contributed by atoms with van der Waals surface area (Å²) in [5.41, 5.74) is 0. The van der Waals surface area contributed by atoms with Crippen LogP contribution in [-0.4, -0.2) is 18.5 Å². The van der Waals surface area contributed by atoms with Gasteiger partial charge in [-0.1, -0.05) is 54.6 Å². The van der Waals surface area contributed by atoms with Gasteiger partial charge in [-0.05, 0) is 19.3 Å². The summed E-state index contributed by atoms with van der Waals surface area (Å²) in [5.74, 6) is -0.397. The van der Waals surface area contributed by atoms with Crippen LogP contribution in [0.1, 0.15) is 51.9 Å². The largest absolute Gasteiger partial charge is 0.466 e. The highest BCUT2D eigenvalue weighted by atomic mass is 35.5. The van der Waals surface area contributed by atoms with Gasteiger partial charge in [-0.15, -0.1) is 0 Å². The van der Waals surface area contributed by atoms with E-state index in [0.717, 1.165) is 19.3 Å². The molecule has 0 fully saturated rings. The van der Waals surface area contributed by atoms with Crippen molar-refractivity contribution >= 4 is 46.7 Å². The summed E-state index contributed by atoms with van der Waals surface area (Å²) in [4.78, 5) is 23.2. The number of benzene rings is 1. The van der Waals surface area contributed by atoms with Crippen LogP contribution in [0.3, 0.4) is 0 Å². The molecule has 4 nitrogen and oxygen atoms in total. The maximum atomic E-state index is 11.8. The molecule has 0 bridgehead atoms. The van der Waals surface area contributed by atoms with E-state index in [-0.39, 0.29) is 33.2 Å². The second-order valence-corrected chi connectivity index (χ2v) is 6.50. The minimum absolute atomic E-state index is 0.195. The number of carbonyl (C=O) groups is 2. The van der Waals surface area contributed by atoms with Crippen LogP contribution < -0.4 is 4.74 Å². The van der Waals surface area contributed by atoms with Crippen molar-refractivity contribution in [2.45, 2.75) is 51.9 Å². The molecule has 0 saturated heterocycles. The van der Waals surface area contributed by atoms with Gasteiger partial charge < -0.3 is 9.47 Å². The van der Waals surface area contributed by atoms with Gasteiger partial charge in [-0.2, -0.15) is 0 Å². The SMILES string of the molecule is CCCCCOC(=O)CCCCC(=O)Oc1cc(Cl)c(Cl)c(Cl)c1. The highest BCUT2D eigenvalue weighted by Crippen LogP contribution is 2.34. The summed E-state index contributed by atoms with van der Waals surface area (Å²) < 4.78 is 10.2. The van der Waals surface area contributed by atoms with Gasteiger partial charge >= 0.3 is 11.9 Å². The summed E-state index contributed by atoms with van der Waals surface area (Å²) in [6.07, 6.45) is 4.64. The van der Waals surface area contributed by atoms with E-state index in [1.165, 1.54) is 12.1 Å². The van der Waals surface area contributed by atoms with E-state index in [2.05, 4.69) is 6.92 Å². The molecule has 1 aromatic rings. The van der Waals surface area contributed by atoms with Crippen LogP contribution in [0.5, 0.6) is 5.75 Å². The predicted octanol–water partition coefficient (Wildman–Crippen LogP) is 5.85. The van der Waals surface area contributed by atoms with Crippen LogP contribution in [0.15, 0.2) is 12.1 Å². The van der Waals surface area contributed by atoms with E-state index >= 15 is 0 Å². The van der Waals surface area contributed by atoms with Crippen molar-refractivity contribution in [3.05, 3.63) is 27.2 Å². The van der Waals surface area contributed by atoms with E-state index in [1.807, 2.05) is 0 Å². The minimum Gasteiger partial charge on any atom is -0.466 e. The Kier molecular flexibility index (Phi) is 10.2. The molecule has 0 spiro atoms. The van der Waals surface area contributed by atoms with Gasteiger partial charge in [0.2, 0.25) is 0 Å². The normalized spacial score (nSPS) is 10.5. The Hall–Kier alpha value is -0.970. The number of ether oxygens (including phenoxy) is 2. The molecule has 0 aliphatic rings. The highest BCUT2D eigenvalue weighted by Gasteiger charge is 2.11. The maximum absolute atomic E-state index is 11.8. The number of hydrogen-bond acceptors (Lipinski definition) is 4. The first kappa shape index (κ1) is 21.1. The lowest BCUT2D eigenvalue weighted by molar-refractivity contribution is -0.144. The van der Waals surface area contributed by atoms with Crippen molar-refractivity contribution in [2.24, 2.45) is 0 Å². The predicted molar refractivity (Wildman–Crippen MR) is 96.1 cm³/mol. The first-order valence-corrected chi connectivity index (χ1v) is 9.08. The number of halogens is 3. The van der Waals surface area contributed by atoms with Crippen LogP contribution in [0.4, 0.5) is 0 Å². The molecule has 1 rings (SSSR count). The first-order valence-electron chi connectivity index (χ1n) is 7.95. The molecular formula is C17H21Cl3O4. The second-order valence-electron chi connectivity index (χ2n) is 5.31. The summed E-state index contributed by atoms with van der Waals surface area (Å²) >= 11 is 17.6. The van der Waals surface area contributed by atoms with Gasteiger partial charge in [-0.25, -0.2) is 0 Å². The average molecular weight is 396 g/mol. The van der Waals surface area contributed by atoms with E-state index in [9.17, 15) is 9.59 Å². The molecule has 0 saturated carbocycles. The molecule has 24 heavy (non-hydrogen) atoms. The van der Waals surface area contributed by atoms with E-state index in [1.54, 1.807) is 0 Å². The van der Waals surface area contributed by atoms with Gasteiger partial charge in [0, 0.05) is 25.0 Å². The van der Waals surface area contributed by atoms with E-state index < -0.39 is 5.97 Å². The third-order valence-corrected chi connectivity index (χ3v) is 4.41. The summed E-state index contributed by atoms with van der Waals surface area (Å²) in [6, 6.07) is 2.86. The number of hydrogen-bond donors (Lipinski definition) is 0. The average Bonchev–Trinajstić information content (AvgIpc) is 2.53. The molecule has 0 aromatic heterocycles. The molecule has 7 heteroatoms. The molecule has 0 atom stereocenters. The zero-order valence-corrected chi connectivity index (χ0v) is 15.8. The molecule has 0 heterocycles. The fourth-order valence-electron chi connectivity index (χ4n) is 1.92. The Labute approximate surface area is 157 Å². The third kappa shape index (κ3) is 8.22. The minimum atomic E-state index is -0.416. The van der Waals surface area contributed by atoms with Gasteiger partial charge in [0.15, 0.2) is 0 Å². The zero-order valence-electron chi connectivity index (χ0n) is 13.6. The highest BCUT2D eigenvalue weighted by molar-refractivity contribution is 6.48. The Bertz CT molecular complexity index is 538. The smallest absolute Gasteiger partial charge is 0.311 e. The molecule has 134 valence electrons. The zero-order chi connectivity index (χ0) is 17.9. The fraction of sp³-hybridized carbons (Fsp3) is 0.529. The van der Waals surface area contributed by atoms with E-state index in [4.69, 9.17) is 44.3 Å². The maximum Gasteiger partial charge on any atom is 0.311 e. The number of rotatable bonds is 10. The molecule has 0 N–H and O–H groups in total. The van der Waals surface area contributed by atoms with Gasteiger partial charge in [-0.3, -0.25) is 9.59 Å². The van der Waals surface area contributed by atoms with Gasteiger partial charge in [0.05, 0.1) is 21.7 Å². The number of carbonyl (C=O) groups excluding carboxylic acids is 2. The van der Waals surface area contributed by atoms with Gasteiger partial charge in [0.1, 0.15) is 5.75 Å². The summed E-state index contributed by atoms with van der Waals surface area (Å²) in [5, 5.41) is 0.658. The summed E-state index contributed by atoms with van der Waals surface area (Å²) in [7, 11) is 0. The molecule has 1 aromatic carbocycles. The topological polar surface area (TPSA) is 52.6 Å². The van der Waals surface area contributed by atoms with Crippen molar-refractivity contribution in [3.63, 3.8) is 0 Å². The standard InChI is InChI=1S/C17H21Cl3O4/c1-2-3-6-9-23-15(21)7-4-5-8-16(22)24-12-10-13(18)17(20)14(19)11-12/h10-11H,2-9H2,1H3. The first-order chi connectivity index (χ1) is 11.4. The fourth-order valence-corrected chi connectivity index (χ4v) is 2.50. The Morgan fingerprint density at radius 3 is 2.08 bits per heavy atom. The second kappa shape index (κ2) is 11.6. The molecule has 0 aliphatic heterocycles. The van der Waals surface area contributed by atoms with Crippen molar-refractivity contribution in [1.82, 2.24) is 0 Å². The molecule has 0 unspecified atom stereocenters. The lowest BCUT2D eigenvalue weighted by atomic mass is 10.2. The summed E-state index contributed by atoms with van der Waals surface area (Å²) in [6.45, 7) is 2.56. The Morgan fingerprint density at radius 2 is 1.50 bits per heavy atom. The van der Waals surface area contributed by atoms with Crippen LogP contribution in [0.2, 0.25) is 15.1 Å². The Balaban J connectivity index is 2.21. The number of unbranched alkanes of at least 4 members (excludes halogenated alkanes) is 3. The molecule has 0 radical (unpaired) electrons. The molecule has 0 amide bonds. The lowest BCUT2D eigenvalue weighted by Gasteiger charge is -2.07. The van der Waals surface area contributed by atoms with Crippen molar-refractivity contribution < 1.29 is 19.1 Å². The Morgan fingerprint density at radius 1 is 0.917 bits per heavy atom. The quantitative estimate of drug-likeness (QED) is 0.216. The molecule has 0 aliphatic carbocycles. The monoisotopic (exact) mass is 394 g/mol. The number of esters is 2. The van der Waals surface area contributed by atoms with E-state index in [0.29, 0.717) is 25.9 Å². The van der Waals surface area contributed by atoms with Gasteiger partial charge in [0.25, 0.3) is 0 Å². The van der Waals surface area contributed by atoms with Crippen LogP contribution in [-0.2, 0) is 14.3 Å². The van der Waals surface area contributed by atoms with Crippen molar-refractivity contribution in [3.8, 4) is 5.75 Å². The third-order valence-electron chi connectivity index (χ3n) is 3.21. The van der Waals surface area contributed by atoms with Crippen molar-refractivity contribution in [2.75, 3.05) is 6.61 Å². The van der Waals surface area contributed by atoms with Crippen LogP contribution in [0.25, 0.3) is 0 Å². The van der Waals surface area contributed by atoms with Crippen LogP contribution >= 0.6 is 34.8 Å². The van der Waals surface area contributed by atoms with Crippen LogP contribution in [0, 0.1) is 0 Å². The lowest BCUT2D eigenvalue weighted by Crippen LogP contribution is -2.09.